The first-order valence-corrected chi connectivity index (χ1v) is 17.7. The Morgan fingerprint density at radius 3 is 1.56 bits per heavy atom. The smallest absolute Gasteiger partial charge is 0.480 e. The minimum atomic E-state index is -3.86. The molecule has 0 bridgehead atoms. The highest BCUT2D eigenvalue weighted by Gasteiger charge is 2.25. The quantitative estimate of drug-likeness (QED) is 0.118. The molecule has 3 aromatic carbocycles. The molecule has 0 unspecified atom stereocenters. The molecule has 3 rings (SSSR count). The number of nitrogens with two attached hydrogens (primary N) is 1. The first kappa shape index (κ1) is 41.1. The fourth-order valence-corrected chi connectivity index (χ4v) is 5.15. The van der Waals surface area contributed by atoms with E-state index >= 15 is 0 Å². The summed E-state index contributed by atoms with van der Waals surface area (Å²) in [5.74, 6) is -1.72. The summed E-state index contributed by atoms with van der Waals surface area (Å²) < 4.78 is 50.2. The van der Waals surface area contributed by atoms with Gasteiger partial charge in [-0.1, -0.05) is 36.4 Å². The highest BCUT2D eigenvalue weighted by atomic mass is 32.2. The van der Waals surface area contributed by atoms with Gasteiger partial charge in [-0.05, 0) is 83.5 Å². The maximum Gasteiger partial charge on any atom is 0.514 e. The molecule has 3 aromatic rings. The average molecular weight is 744 g/mol. The number of hydrogen-bond donors (Lipinski definition) is 2. The third-order valence-electron chi connectivity index (χ3n) is 6.77. The largest absolute Gasteiger partial charge is 0.514 e. The van der Waals surface area contributed by atoms with Gasteiger partial charge < -0.3 is 38.6 Å². The standard InChI is InChI=1S/C36H45N3O12S/c1-35(2,3)50-33(43)48-29-13-9-7-11-27(29)38(23-31(40)41)20-21-39(28-12-8-10-14-30(28)49-34(44)51-36(4,5)6)24-32(42)47-22-19-25-15-17-26(18-16-25)52(37,45)46/h7-18H,19-24H2,1-6H3,(H,40,41)(H2,37,45,46). The van der Waals surface area contributed by atoms with Gasteiger partial charge in [-0.15, -0.1) is 0 Å². The number of carbonyl (C=O) groups is 4. The third-order valence-corrected chi connectivity index (χ3v) is 7.70. The Kier molecular flexibility index (Phi) is 14.0. The summed E-state index contributed by atoms with van der Waals surface area (Å²) in [6.45, 7) is 9.13. The second kappa shape index (κ2) is 17.7. The van der Waals surface area contributed by atoms with Crippen LogP contribution in [0.1, 0.15) is 47.1 Å². The van der Waals surface area contributed by atoms with Crippen molar-refractivity contribution in [3.05, 3.63) is 78.4 Å². The normalized spacial score (nSPS) is 11.6. The van der Waals surface area contributed by atoms with Crippen molar-refractivity contribution in [3.63, 3.8) is 0 Å². The number of esters is 1. The second-order valence-electron chi connectivity index (χ2n) is 13.5. The van der Waals surface area contributed by atoms with Gasteiger partial charge in [-0.3, -0.25) is 9.59 Å². The van der Waals surface area contributed by atoms with Crippen LogP contribution >= 0.6 is 0 Å². The van der Waals surface area contributed by atoms with Crippen LogP contribution in [0.5, 0.6) is 11.5 Å². The molecule has 0 saturated carbocycles. The molecular weight excluding hydrogens is 698 g/mol. The van der Waals surface area contributed by atoms with Gasteiger partial charge >= 0.3 is 24.2 Å². The monoisotopic (exact) mass is 743 g/mol. The molecule has 0 spiro atoms. The maximum absolute atomic E-state index is 13.2. The molecule has 282 valence electrons. The van der Waals surface area contributed by atoms with E-state index in [9.17, 15) is 32.7 Å². The van der Waals surface area contributed by atoms with E-state index < -0.39 is 52.0 Å². The fraction of sp³-hybridized carbons (Fsp3) is 0.389. The summed E-state index contributed by atoms with van der Waals surface area (Å²) in [6.07, 6.45) is -1.68. The predicted octanol–water partition coefficient (Wildman–Crippen LogP) is 5.15. The minimum Gasteiger partial charge on any atom is -0.480 e. The Balaban J connectivity index is 1.87. The van der Waals surface area contributed by atoms with Crippen LogP contribution in [0.15, 0.2) is 77.7 Å². The Morgan fingerprint density at radius 2 is 1.13 bits per heavy atom. The van der Waals surface area contributed by atoms with E-state index in [1.807, 2.05) is 0 Å². The van der Waals surface area contributed by atoms with Crippen LogP contribution in [0, 0.1) is 0 Å². The number of primary sulfonamides is 1. The highest BCUT2D eigenvalue weighted by molar-refractivity contribution is 7.89. The topological polar surface area (TPSA) is 201 Å². The number of anilines is 2. The molecule has 0 atom stereocenters. The van der Waals surface area contributed by atoms with Gasteiger partial charge in [0.05, 0.1) is 22.9 Å². The van der Waals surface area contributed by atoms with Crippen molar-refractivity contribution in [2.45, 2.75) is 64.1 Å². The van der Waals surface area contributed by atoms with Crippen LogP contribution in [0.2, 0.25) is 0 Å². The van der Waals surface area contributed by atoms with Crippen molar-refractivity contribution in [1.82, 2.24) is 0 Å². The number of para-hydroxylation sites is 4. The van der Waals surface area contributed by atoms with Gasteiger partial charge in [-0.25, -0.2) is 23.1 Å². The number of ether oxygens (including phenoxy) is 5. The number of carbonyl (C=O) groups excluding carboxylic acids is 3. The molecule has 0 amide bonds. The zero-order valence-electron chi connectivity index (χ0n) is 30.0. The summed E-state index contributed by atoms with van der Waals surface area (Å²) in [5.41, 5.74) is -0.414. The number of benzene rings is 3. The van der Waals surface area contributed by atoms with E-state index in [1.165, 1.54) is 29.2 Å². The Morgan fingerprint density at radius 1 is 0.692 bits per heavy atom. The zero-order valence-corrected chi connectivity index (χ0v) is 30.8. The molecular formula is C36H45N3O12S. The van der Waals surface area contributed by atoms with E-state index in [1.54, 1.807) is 95.0 Å². The number of sulfonamides is 1. The molecule has 0 saturated heterocycles. The first-order valence-electron chi connectivity index (χ1n) is 16.2. The molecule has 52 heavy (non-hydrogen) atoms. The molecule has 0 heterocycles. The predicted molar refractivity (Wildman–Crippen MR) is 191 cm³/mol. The van der Waals surface area contributed by atoms with Gasteiger partial charge in [0.1, 0.15) is 24.3 Å². The Labute approximate surface area is 303 Å². The van der Waals surface area contributed by atoms with Crippen LogP contribution < -0.4 is 24.4 Å². The van der Waals surface area contributed by atoms with E-state index in [0.29, 0.717) is 11.3 Å². The van der Waals surface area contributed by atoms with Crippen molar-refractivity contribution in [2.24, 2.45) is 5.14 Å². The zero-order chi connectivity index (χ0) is 38.7. The maximum atomic E-state index is 13.2. The van der Waals surface area contributed by atoms with Crippen LogP contribution in [0.25, 0.3) is 0 Å². The van der Waals surface area contributed by atoms with Crippen LogP contribution in [0.3, 0.4) is 0 Å². The molecule has 0 radical (unpaired) electrons. The number of nitrogens with zero attached hydrogens (tertiary/aromatic N) is 2. The van der Waals surface area contributed by atoms with Gasteiger partial charge in [0, 0.05) is 19.5 Å². The fourth-order valence-electron chi connectivity index (χ4n) is 4.63. The summed E-state index contributed by atoms with van der Waals surface area (Å²) in [5, 5.41) is 15.0. The molecule has 16 heteroatoms. The number of carboxylic acids is 1. The SMILES string of the molecule is CC(C)(C)OC(=O)Oc1ccccc1N(CCN(CC(=O)OCCc1ccc(S(N)(=O)=O)cc1)c1ccccc1OC(=O)OC(C)(C)C)CC(=O)O. The van der Waals surface area contributed by atoms with Gasteiger partial charge in [0.15, 0.2) is 11.5 Å². The summed E-state index contributed by atoms with van der Waals surface area (Å²) in [6, 6.07) is 18.6. The van der Waals surface area contributed by atoms with Gasteiger partial charge in [-0.2, -0.15) is 0 Å². The summed E-state index contributed by atoms with van der Waals surface area (Å²) in [4.78, 5) is 53.4. The molecule has 0 aliphatic rings. The van der Waals surface area contributed by atoms with Gasteiger partial charge in [0.2, 0.25) is 10.0 Å². The number of carboxylic acid groups (broad SMARTS) is 1. The number of rotatable bonds is 15. The molecule has 3 N–H and O–H groups in total. The Bertz CT molecular complexity index is 1820. The van der Waals surface area contributed by atoms with Crippen molar-refractivity contribution in [3.8, 4) is 11.5 Å². The van der Waals surface area contributed by atoms with Crippen LogP contribution in [-0.2, 0) is 40.2 Å². The van der Waals surface area contributed by atoms with E-state index in [-0.39, 0.29) is 54.7 Å². The van der Waals surface area contributed by atoms with E-state index in [2.05, 4.69) is 0 Å². The molecule has 0 aromatic heterocycles. The highest BCUT2D eigenvalue weighted by Crippen LogP contribution is 2.31. The lowest BCUT2D eigenvalue weighted by atomic mass is 10.2. The van der Waals surface area contributed by atoms with E-state index in [4.69, 9.17) is 28.8 Å². The molecule has 0 aliphatic heterocycles. The molecule has 15 nitrogen and oxygen atoms in total. The molecule has 0 fully saturated rings. The average Bonchev–Trinajstić information content (AvgIpc) is 3.01. The van der Waals surface area contributed by atoms with E-state index in [0.717, 1.165) is 0 Å². The molecule has 0 aliphatic carbocycles. The third kappa shape index (κ3) is 14.1. The van der Waals surface area contributed by atoms with Crippen molar-refractivity contribution in [2.75, 3.05) is 42.6 Å². The van der Waals surface area contributed by atoms with Crippen molar-refractivity contribution in [1.29, 1.82) is 0 Å². The van der Waals surface area contributed by atoms with Gasteiger partial charge in [0.25, 0.3) is 0 Å². The lowest BCUT2D eigenvalue weighted by molar-refractivity contribution is -0.142. The Hall–Kier alpha value is -5.35. The van der Waals surface area contributed by atoms with Crippen molar-refractivity contribution < 1.29 is 56.4 Å². The summed E-state index contributed by atoms with van der Waals surface area (Å²) >= 11 is 0. The van der Waals surface area contributed by atoms with Crippen molar-refractivity contribution >= 4 is 45.6 Å². The summed E-state index contributed by atoms with van der Waals surface area (Å²) in [7, 11) is -3.86. The van der Waals surface area contributed by atoms with Crippen LogP contribution in [0.4, 0.5) is 21.0 Å². The number of aliphatic carboxylic acids is 1. The minimum absolute atomic E-state index is 0.00708. The first-order chi connectivity index (χ1) is 24.2. The number of hydrogen-bond acceptors (Lipinski definition) is 13. The second-order valence-corrected chi connectivity index (χ2v) is 15.0. The van der Waals surface area contributed by atoms with Crippen LogP contribution in [-0.4, -0.2) is 81.8 Å². The lowest BCUT2D eigenvalue weighted by Gasteiger charge is -2.30. The lowest BCUT2D eigenvalue weighted by Crippen LogP contribution is -2.41.